The fraction of sp³-hybridized carbons (Fsp3) is 0.125. The van der Waals surface area contributed by atoms with Gasteiger partial charge in [0, 0.05) is 15.8 Å². The van der Waals surface area contributed by atoms with E-state index in [1.54, 1.807) is 12.1 Å². The lowest BCUT2D eigenvalue weighted by Gasteiger charge is -2.10. The molecule has 0 radical (unpaired) electrons. The molecule has 0 saturated carbocycles. The SMILES string of the molecule is CCCc1cc(C(N)=O)c(NC(=O)c2cc(-c3ccccc3)nc3ccccc23)s1. The first-order valence-electron chi connectivity index (χ1n) is 9.76. The Morgan fingerprint density at radius 2 is 1.73 bits per heavy atom. The maximum Gasteiger partial charge on any atom is 0.257 e. The third-order valence-electron chi connectivity index (χ3n) is 4.80. The van der Waals surface area contributed by atoms with Crippen LogP contribution in [0.2, 0.25) is 0 Å². The lowest BCUT2D eigenvalue weighted by atomic mass is 10.0. The first-order valence-corrected chi connectivity index (χ1v) is 10.6. The third-order valence-corrected chi connectivity index (χ3v) is 5.91. The zero-order chi connectivity index (χ0) is 21.1. The molecule has 6 heteroatoms. The number of pyridine rings is 1. The summed E-state index contributed by atoms with van der Waals surface area (Å²) < 4.78 is 0. The van der Waals surface area contributed by atoms with Gasteiger partial charge in [0.25, 0.3) is 11.8 Å². The van der Waals surface area contributed by atoms with Gasteiger partial charge in [-0.3, -0.25) is 9.59 Å². The molecule has 0 spiro atoms. The molecule has 0 saturated heterocycles. The number of thiophene rings is 1. The van der Waals surface area contributed by atoms with Crippen LogP contribution in [0.1, 0.15) is 38.9 Å². The number of hydrogen-bond acceptors (Lipinski definition) is 4. The molecule has 0 unspecified atom stereocenters. The molecule has 2 aromatic heterocycles. The minimum absolute atomic E-state index is 0.293. The fourth-order valence-electron chi connectivity index (χ4n) is 3.38. The Morgan fingerprint density at radius 1 is 1.00 bits per heavy atom. The predicted octanol–water partition coefficient (Wildman–Crippen LogP) is 5.27. The second-order valence-corrected chi connectivity index (χ2v) is 8.10. The van der Waals surface area contributed by atoms with E-state index in [0.717, 1.165) is 34.2 Å². The molecule has 3 N–H and O–H groups in total. The van der Waals surface area contributed by atoms with Crippen molar-refractivity contribution in [2.75, 3.05) is 5.32 Å². The summed E-state index contributed by atoms with van der Waals surface area (Å²) in [6.45, 7) is 2.07. The molecule has 0 atom stereocenters. The van der Waals surface area contributed by atoms with Crippen LogP contribution < -0.4 is 11.1 Å². The summed E-state index contributed by atoms with van der Waals surface area (Å²) in [6, 6.07) is 20.8. The zero-order valence-electron chi connectivity index (χ0n) is 16.5. The number of hydrogen-bond donors (Lipinski definition) is 2. The number of nitrogens with two attached hydrogens (primary N) is 1. The van der Waals surface area contributed by atoms with Gasteiger partial charge in [-0.25, -0.2) is 4.98 Å². The molecule has 2 aromatic carbocycles. The Hall–Kier alpha value is -3.51. The van der Waals surface area contributed by atoms with E-state index >= 15 is 0 Å². The highest BCUT2D eigenvalue weighted by atomic mass is 32.1. The Kier molecular flexibility index (Phi) is 5.59. The topological polar surface area (TPSA) is 85.1 Å². The van der Waals surface area contributed by atoms with Gasteiger partial charge in [-0.2, -0.15) is 0 Å². The molecule has 4 aromatic rings. The molecule has 4 rings (SSSR count). The maximum atomic E-state index is 13.3. The Balaban J connectivity index is 1.78. The number of para-hydroxylation sites is 1. The molecule has 150 valence electrons. The van der Waals surface area contributed by atoms with E-state index in [1.807, 2.05) is 54.6 Å². The minimum Gasteiger partial charge on any atom is -0.366 e. The predicted molar refractivity (Wildman–Crippen MR) is 122 cm³/mol. The van der Waals surface area contributed by atoms with Crippen molar-refractivity contribution < 1.29 is 9.59 Å². The molecular formula is C24H21N3O2S. The van der Waals surface area contributed by atoms with Crippen LogP contribution in [0.3, 0.4) is 0 Å². The molecule has 2 heterocycles. The van der Waals surface area contributed by atoms with Crippen LogP contribution in [0.15, 0.2) is 66.7 Å². The van der Waals surface area contributed by atoms with Crippen LogP contribution in [-0.2, 0) is 6.42 Å². The monoisotopic (exact) mass is 415 g/mol. The van der Waals surface area contributed by atoms with E-state index in [9.17, 15) is 9.59 Å². The number of carbonyl (C=O) groups is 2. The summed E-state index contributed by atoms with van der Waals surface area (Å²) in [7, 11) is 0. The molecular weight excluding hydrogens is 394 g/mol. The van der Waals surface area contributed by atoms with E-state index in [0.29, 0.717) is 21.8 Å². The molecule has 0 fully saturated rings. The zero-order valence-corrected chi connectivity index (χ0v) is 17.3. The normalized spacial score (nSPS) is 10.8. The lowest BCUT2D eigenvalue weighted by Crippen LogP contribution is -2.17. The van der Waals surface area contributed by atoms with Crippen LogP contribution in [0.4, 0.5) is 5.00 Å². The average Bonchev–Trinajstić information content (AvgIpc) is 3.16. The number of amides is 2. The highest BCUT2D eigenvalue weighted by Gasteiger charge is 2.19. The lowest BCUT2D eigenvalue weighted by molar-refractivity contribution is 0.100. The summed E-state index contributed by atoms with van der Waals surface area (Å²) in [4.78, 5) is 30.9. The number of fused-ring (bicyclic) bond motifs is 1. The molecule has 0 aliphatic rings. The van der Waals surface area contributed by atoms with Crippen molar-refractivity contribution in [1.82, 2.24) is 4.98 Å². The van der Waals surface area contributed by atoms with Gasteiger partial charge in [-0.1, -0.05) is 61.9 Å². The van der Waals surface area contributed by atoms with Gasteiger partial charge in [0.2, 0.25) is 0 Å². The van der Waals surface area contributed by atoms with Crippen molar-refractivity contribution in [3.05, 3.63) is 82.7 Å². The third kappa shape index (κ3) is 3.95. The molecule has 5 nitrogen and oxygen atoms in total. The second kappa shape index (κ2) is 8.47. The Labute approximate surface area is 178 Å². The van der Waals surface area contributed by atoms with Gasteiger partial charge in [0.1, 0.15) is 5.00 Å². The van der Waals surface area contributed by atoms with E-state index < -0.39 is 5.91 Å². The first-order chi connectivity index (χ1) is 14.6. The van der Waals surface area contributed by atoms with Crippen molar-refractivity contribution in [2.24, 2.45) is 5.73 Å². The molecule has 2 amide bonds. The molecule has 0 aliphatic heterocycles. The van der Waals surface area contributed by atoms with Crippen LogP contribution in [-0.4, -0.2) is 16.8 Å². The van der Waals surface area contributed by atoms with Crippen LogP contribution in [0.5, 0.6) is 0 Å². The van der Waals surface area contributed by atoms with E-state index in [4.69, 9.17) is 10.7 Å². The number of anilines is 1. The summed E-state index contributed by atoms with van der Waals surface area (Å²) in [5.41, 5.74) is 8.76. The number of primary amides is 1. The minimum atomic E-state index is -0.548. The van der Waals surface area contributed by atoms with Crippen LogP contribution in [0.25, 0.3) is 22.2 Å². The first kappa shape index (κ1) is 19.8. The summed E-state index contributed by atoms with van der Waals surface area (Å²) in [5, 5.41) is 4.14. The number of nitrogens with zero attached hydrogens (tertiary/aromatic N) is 1. The van der Waals surface area contributed by atoms with Crippen molar-refractivity contribution in [2.45, 2.75) is 19.8 Å². The van der Waals surface area contributed by atoms with Gasteiger partial charge in [-0.05, 0) is 24.6 Å². The molecule has 30 heavy (non-hydrogen) atoms. The van der Waals surface area contributed by atoms with Crippen LogP contribution >= 0.6 is 11.3 Å². The van der Waals surface area contributed by atoms with Gasteiger partial charge in [0.05, 0.1) is 22.3 Å². The average molecular weight is 416 g/mol. The summed E-state index contributed by atoms with van der Waals surface area (Å²) >= 11 is 1.39. The largest absolute Gasteiger partial charge is 0.366 e. The summed E-state index contributed by atoms with van der Waals surface area (Å²) in [6.07, 6.45) is 1.78. The smallest absolute Gasteiger partial charge is 0.257 e. The van der Waals surface area contributed by atoms with Crippen molar-refractivity contribution in [3.63, 3.8) is 0 Å². The second-order valence-electron chi connectivity index (χ2n) is 6.96. The standard InChI is InChI=1S/C24H21N3O2S/c1-2-8-16-13-19(22(25)28)24(30-16)27-23(29)18-14-21(15-9-4-3-5-10-15)26-20-12-7-6-11-17(18)20/h3-7,9-14H,2,8H2,1H3,(H2,25,28)(H,27,29). The molecule has 0 aliphatic carbocycles. The van der Waals surface area contributed by atoms with E-state index in [-0.39, 0.29) is 5.91 Å². The number of nitrogens with one attached hydrogen (secondary N) is 1. The van der Waals surface area contributed by atoms with E-state index in [1.165, 1.54) is 11.3 Å². The number of aryl methyl sites for hydroxylation is 1. The van der Waals surface area contributed by atoms with Crippen LogP contribution in [0, 0.1) is 0 Å². The van der Waals surface area contributed by atoms with Gasteiger partial charge in [-0.15, -0.1) is 11.3 Å². The van der Waals surface area contributed by atoms with Gasteiger partial charge >= 0.3 is 0 Å². The maximum absolute atomic E-state index is 13.3. The quantitative estimate of drug-likeness (QED) is 0.450. The Morgan fingerprint density at radius 3 is 2.47 bits per heavy atom. The number of aromatic nitrogens is 1. The van der Waals surface area contributed by atoms with E-state index in [2.05, 4.69) is 12.2 Å². The fourth-order valence-corrected chi connectivity index (χ4v) is 4.54. The van der Waals surface area contributed by atoms with Crippen molar-refractivity contribution in [1.29, 1.82) is 0 Å². The number of carbonyl (C=O) groups excluding carboxylic acids is 2. The molecule has 0 bridgehead atoms. The highest BCUT2D eigenvalue weighted by Crippen LogP contribution is 2.31. The van der Waals surface area contributed by atoms with Crippen molar-refractivity contribution in [3.8, 4) is 11.3 Å². The number of rotatable bonds is 6. The highest BCUT2D eigenvalue weighted by molar-refractivity contribution is 7.16. The van der Waals surface area contributed by atoms with Gasteiger partial charge in [0.15, 0.2) is 0 Å². The number of benzene rings is 2. The van der Waals surface area contributed by atoms with Gasteiger partial charge < -0.3 is 11.1 Å². The van der Waals surface area contributed by atoms with Crippen molar-refractivity contribution >= 4 is 39.1 Å². The Bertz CT molecular complexity index is 1230. The summed E-state index contributed by atoms with van der Waals surface area (Å²) in [5.74, 6) is -0.841.